The summed E-state index contributed by atoms with van der Waals surface area (Å²) in [6, 6.07) is 7.59. The highest BCUT2D eigenvalue weighted by molar-refractivity contribution is 6.30. The lowest BCUT2D eigenvalue weighted by Gasteiger charge is -2.21. The number of benzene rings is 1. The Morgan fingerprint density at radius 1 is 1.36 bits per heavy atom. The maximum atomic E-state index is 12.1. The fourth-order valence-corrected chi connectivity index (χ4v) is 3.64. The second kappa shape index (κ2) is 6.30. The molecule has 1 aliphatic heterocycles. The SMILES string of the molecule is CCOc1ccc2nc(Cl)c(C3CC(C4CC4)=NN3C(C)=O)cc2c1. The molecule has 1 aromatic carbocycles. The lowest BCUT2D eigenvalue weighted by atomic mass is 10.00. The summed E-state index contributed by atoms with van der Waals surface area (Å²) in [5.74, 6) is 1.26. The number of ether oxygens (including phenoxy) is 1. The number of hydrogen-bond acceptors (Lipinski definition) is 4. The van der Waals surface area contributed by atoms with E-state index in [2.05, 4.69) is 10.1 Å². The summed E-state index contributed by atoms with van der Waals surface area (Å²) in [6.07, 6.45) is 3.07. The number of halogens is 1. The number of fused-ring (bicyclic) bond motifs is 1. The van der Waals surface area contributed by atoms with Crippen LogP contribution >= 0.6 is 11.6 Å². The van der Waals surface area contributed by atoms with Crippen molar-refractivity contribution in [3.63, 3.8) is 0 Å². The van der Waals surface area contributed by atoms with Gasteiger partial charge >= 0.3 is 0 Å². The van der Waals surface area contributed by atoms with Gasteiger partial charge in [0.05, 0.1) is 18.2 Å². The molecule has 2 aromatic rings. The predicted octanol–water partition coefficient (Wildman–Crippen LogP) is 4.35. The van der Waals surface area contributed by atoms with E-state index in [9.17, 15) is 4.79 Å². The zero-order valence-corrected chi connectivity index (χ0v) is 15.1. The normalized spacial score (nSPS) is 20.0. The predicted molar refractivity (Wildman–Crippen MR) is 98.0 cm³/mol. The highest BCUT2D eigenvalue weighted by Gasteiger charge is 2.39. The van der Waals surface area contributed by atoms with Gasteiger partial charge in [0.15, 0.2) is 0 Å². The first-order chi connectivity index (χ1) is 12.1. The maximum absolute atomic E-state index is 12.1. The van der Waals surface area contributed by atoms with Gasteiger partial charge in [-0.15, -0.1) is 0 Å². The standard InChI is InChI=1S/C19H20ClN3O2/c1-3-25-14-6-7-16-13(8-14)9-15(19(20)21-16)18-10-17(12-4-5-12)22-23(18)11(2)24/h6-9,12,18H,3-5,10H2,1-2H3. The van der Waals surface area contributed by atoms with Crippen molar-refractivity contribution in [2.24, 2.45) is 11.0 Å². The van der Waals surface area contributed by atoms with Gasteiger partial charge in [-0.25, -0.2) is 9.99 Å². The molecule has 1 amide bonds. The van der Waals surface area contributed by atoms with Crippen LogP contribution in [0.4, 0.5) is 0 Å². The van der Waals surface area contributed by atoms with E-state index in [1.807, 2.05) is 31.2 Å². The van der Waals surface area contributed by atoms with Crippen LogP contribution in [0.25, 0.3) is 10.9 Å². The zero-order chi connectivity index (χ0) is 17.6. The van der Waals surface area contributed by atoms with E-state index in [0.29, 0.717) is 17.7 Å². The molecule has 0 N–H and O–H groups in total. The van der Waals surface area contributed by atoms with Gasteiger partial charge < -0.3 is 4.74 Å². The summed E-state index contributed by atoms with van der Waals surface area (Å²) in [6.45, 7) is 4.11. The molecule has 1 fully saturated rings. The van der Waals surface area contributed by atoms with Crippen molar-refractivity contribution < 1.29 is 9.53 Å². The number of rotatable bonds is 4. The number of hydrogen-bond donors (Lipinski definition) is 0. The average molecular weight is 358 g/mol. The molecular weight excluding hydrogens is 338 g/mol. The molecule has 25 heavy (non-hydrogen) atoms. The Labute approximate surface area is 151 Å². The first-order valence-corrected chi connectivity index (χ1v) is 9.04. The van der Waals surface area contributed by atoms with E-state index in [1.54, 1.807) is 11.9 Å². The summed E-state index contributed by atoms with van der Waals surface area (Å²) in [5.41, 5.74) is 2.77. The first kappa shape index (κ1) is 16.3. The van der Waals surface area contributed by atoms with E-state index in [0.717, 1.165) is 34.3 Å². The molecule has 1 saturated carbocycles. The number of aromatic nitrogens is 1. The fraction of sp³-hybridized carbons (Fsp3) is 0.421. The molecule has 0 saturated heterocycles. The third-order valence-electron chi connectivity index (χ3n) is 4.74. The molecule has 1 aromatic heterocycles. The van der Waals surface area contributed by atoms with Gasteiger partial charge in [-0.2, -0.15) is 5.10 Å². The van der Waals surface area contributed by atoms with Gasteiger partial charge in [0.25, 0.3) is 0 Å². The highest BCUT2D eigenvalue weighted by atomic mass is 35.5. The molecule has 0 spiro atoms. The van der Waals surface area contributed by atoms with Gasteiger partial charge in [-0.1, -0.05) is 11.6 Å². The molecule has 0 bridgehead atoms. The second-order valence-electron chi connectivity index (χ2n) is 6.61. The molecule has 2 aliphatic rings. The molecule has 5 nitrogen and oxygen atoms in total. The van der Waals surface area contributed by atoms with Crippen LogP contribution < -0.4 is 4.74 Å². The summed E-state index contributed by atoms with van der Waals surface area (Å²) in [5, 5.41) is 7.51. The van der Waals surface area contributed by atoms with Crippen molar-refractivity contribution in [2.45, 2.75) is 39.2 Å². The topological polar surface area (TPSA) is 54.8 Å². The maximum Gasteiger partial charge on any atom is 0.240 e. The molecular formula is C19H20ClN3O2. The average Bonchev–Trinajstić information content (AvgIpc) is 3.33. The summed E-state index contributed by atoms with van der Waals surface area (Å²) in [7, 11) is 0. The van der Waals surface area contributed by atoms with E-state index >= 15 is 0 Å². The van der Waals surface area contributed by atoms with Crippen LogP contribution in [0.15, 0.2) is 29.4 Å². The van der Waals surface area contributed by atoms with Crippen LogP contribution in [0.2, 0.25) is 5.15 Å². The molecule has 6 heteroatoms. The fourth-order valence-electron chi connectivity index (χ4n) is 3.37. The van der Waals surface area contributed by atoms with Gasteiger partial charge in [0.2, 0.25) is 5.91 Å². The van der Waals surface area contributed by atoms with Crippen molar-refractivity contribution >= 4 is 34.1 Å². The molecule has 4 rings (SSSR count). The van der Waals surface area contributed by atoms with Crippen molar-refractivity contribution in [3.8, 4) is 5.75 Å². The molecule has 1 unspecified atom stereocenters. The number of nitrogens with zero attached hydrogens (tertiary/aromatic N) is 3. The number of carbonyl (C=O) groups is 1. The molecule has 1 aliphatic carbocycles. The summed E-state index contributed by atoms with van der Waals surface area (Å²) < 4.78 is 5.58. The van der Waals surface area contributed by atoms with Crippen LogP contribution in [-0.2, 0) is 4.79 Å². The zero-order valence-electron chi connectivity index (χ0n) is 14.3. The number of hydrazone groups is 1. The second-order valence-corrected chi connectivity index (χ2v) is 6.96. The van der Waals surface area contributed by atoms with Crippen molar-refractivity contribution in [1.29, 1.82) is 0 Å². The highest BCUT2D eigenvalue weighted by Crippen LogP contribution is 2.42. The minimum Gasteiger partial charge on any atom is -0.494 e. The molecule has 0 radical (unpaired) electrons. The van der Waals surface area contributed by atoms with Gasteiger partial charge in [-0.3, -0.25) is 4.79 Å². The quantitative estimate of drug-likeness (QED) is 0.764. The van der Waals surface area contributed by atoms with Crippen molar-refractivity contribution in [2.75, 3.05) is 6.61 Å². The van der Waals surface area contributed by atoms with E-state index in [-0.39, 0.29) is 11.9 Å². The van der Waals surface area contributed by atoms with E-state index in [1.165, 1.54) is 12.8 Å². The Morgan fingerprint density at radius 3 is 2.84 bits per heavy atom. The lowest BCUT2D eigenvalue weighted by Crippen LogP contribution is -2.24. The number of amides is 1. The summed E-state index contributed by atoms with van der Waals surface area (Å²) in [4.78, 5) is 16.6. The van der Waals surface area contributed by atoms with Crippen molar-refractivity contribution in [3.05, 3.63) is 35.0 Å². The van der Waals surface area contributed by atoms with Crippen LogP contribution in [0.1, 0.15) is 44.7 Å². The Morgan fingerprint density at radius 2 is 2.16 bits per heavy atom. The minimum atomic E-state index is -0.173. The molecule has 1 atom stereocenters. The van der Waals surface area contributed by atoms with Gasteiger partial charge in [0.1, 0.15) is 10.9 Å². The number of carbonyl (C=O) groups excluding carboxylic acids is 1. The van der Waals surface area contributed by atoms with Crippen LogP contribution in [-0.4, -0.2) is 28.2 Å². The smallest absolute Gasteiger partial charge is 0.240 e. The Kier molecular flexibility index (Phi) is 4.12. The third kappa shape index (κ3) is 3.09. The molecule has 2 heterocycles. The first-order valence-electron chi connectivity index (χ1n) is 8.67. The monoisotopic (exact) mass is 357 g/mol. The largest absolute Gasteiger partial charge is 0.494 e. The van der Waals surface area contributed by atoms with Gasteiger partial charge in [-0.05, 0) is 49.9 Å². The van der Waals surface area contributed by atoms with Gasteiger partial charge in [0, 0.05) is 30.0 Å². The Bertz CT molecular complexity index is 876. The van der Waals surface area contributed by atoms with Crippen molar-refractivity contribution in [1.82, 2.24) is 9.99 Å². The Balaban J connectivity index is 1.74. The van der Waals surface area contributed by atoms with Crippen LogP contribution in [0, 0.1) is 5.92 Å². The summed E-state index contributed by atoms with van der Waals surface area (Å²) >= 11 is 6.47. The van der Waals surface area contributed by atoms with E-state index < -0.39 is 0 Å². The third-order valence-corrected chi connectivity index (χ3v) is 5.04. The number of pyridine rings is 1. The Hall–Kier alpha value is -2.14. The van der Waals surface area contributed by atoms with Crippen LogP contribution in [0.5, 0.6) is 5.75 Å². The van der Waals surface area contributed by atoms with Crippen LogP contribution in [0.3, 0.4) is 0 Å². The minimum absolute atomic E-state index is 0.0696. The van der Waals surface area contributed by atoms with E-state index in [4.69, 9.17) is 16.3 Å². The lowest BCUT2D eigenvalue weighted by molar-refractivity contribution is -0.130. The molecule has 130 valence electrons.